The molecule has 1 amide bonds. The van der Waals surface area contributed by atoms with Gasteiger partial charge in [-0.25, -0.2) is 0 Å². The quantitative estimate of drug-likeness (QED) is 0.827. The molecule has 1 aromatic carbocycles. The highest BCUT2D eigenvalue weighted by molar-refractivity contribution is 7.16. The second-order valence-corrected chi connectivity index (χ2v) is 7.20. The van der Waals surface area contributed by atoms with Gasteiger partial charge in [0.15, 0.2) is 0 Å². The maximum Gasteiger partial charge on any atom is 0.305 e. The molecule has 0 radical (unpaired) electrons. The van der Waals surface area contributed by atoms with Crippen LogP contribution >= 0.6 is 22.9 Å². The van der Waals surface area contributed by atoms with Gasteiger partial charge >= 0.3 is 5.97 Å². The van der Waals surface area contributed by atoms with Crippen LogP contribution in [-0.2, 0) is 20.7 Å². The van der Waals surface area contributed by atoms with E-state index in [1.807, 2.05) is 24.3 Å². The van der Waals surface area contributed by atoms with E-state index in [0.717, 1.165) is 21.0 Å². The van der Waals surface area contributed by atoms with E-state index in [4.69, 9.17) is 11.6 Å². The summed E-state index contributed by atoms with van der Waals surface area (Å²) < 4.78 is 4.69. The molecule has 1 N–H and O–H groups in total. The lowest BCUT2D eigenvalue weighted by molar-refractivity contribution is -0.140. The second-order valence-electron chi connectivity index (χ2n) is 5.65. The number of methoxy groups -OCH3 is 1. The molecule has 2 heterocycles. The first-order chi connectivity index (χ1) is 12.0. The lowest BCUT2D eigenvalue weighted by atomic mass is 10.0. The molecule has 2 aromatic rings. The second kappa shape index (κ2) is 7.37. The minimum Gasteiger partial charge on any atom is -0.469 e. The third-order valence-corrected chi connectivity index (χ3v) is 5.35. The van der Waals surface area contributed by atoms with Crippen LogP contribution in [0, 0.1) is 0 Å². The van der Waals surface area contributed by atoms with Crippen LogP contribution in [0.3, 0.4) is 0 Å². The van der Waals surface area contributed by atoms with Crippen molar-refractivity contribution in [1.29, 1.82) is 0 Å². The summed E-state index contributed by atoms with van der Waals surface area (Å²) in [5.41, 5.74) is 2.30. The Balaban J connectivity index is 2.03. The number of amides is 1. The third-order valence-electron chi connectivity index (χ3n) is 3.91. The smallest absolute Gasteiger partial charge is 0.305 e. The average Bonchev–Trinajstić information content (AvgIpc) is 2.95. The van der Waals surface area contributed by atoms with Gasteiger partial charge in [-0.3, -0.25) is 14.6 Å². The van der Waals surface area contributed by atoms with Crippen molar-refractivity contribution in [3.8, 4) is 0 Å². The summed E-state index contributed by atoms with van der Waals surface area (Å²) >= 11 is 7.79. The fraction of sp³-hybridized carbons (Fsp3) is 0.278. The summed E-state index contributed by atoms with van der Waals surface area (Å²) in [6.07, 6.45) is 0.838. The summed E-state index contributed by atoms with van der Waals surface area (Å²) in [6, 6.07) is 8.88. The number of esters is 1. The van der Waals surface area contributed by atoms with Gasteiger partial charge in [0.1, 0.15) is 11.0 Å². The maximum atomic E-state index is 12.2. The molecule has 1 aliphatic rings. The Hall–Kier alpha value is -2.18. The molecule has 1 unspecified atom stereocenters. The number of carbonyl (C=O) groups is 2. The average molecular weight is 377 g/mol. The van der Waals surface area contributed by atoms with E-state index in [-0.39, 0.29) is 11.9 Å². The van der Waals surface area contributed by atoms with Crippen LogP contribution < -0.4 is 5.32 Å². The SMILES string of the molecule is COC(=O)CCc1cc2c(s1)NC(=O)C(C)N=C2c1ccccc1Cl. The van der Waals surface area contributed by atoms with Gasteiger partial charge < -0.3 is 10.1 Å². The highest BCUT2D eigenvalue weighted by Gasteiger charge is 2.26. The van der Waals surface area contributed by atoms with Crippen molar-refractivity contribution in [2.24, 2.45) is 4.99 Å². The molecular weight excluding hydrogens is 360 g/mol. The summed E-state index contributed by atoms with van der Waals surface area (Å²) in [7, 11) is 1.37. The van der Waals surface area contributed by atoms with E-state index in [0.29, 0.717) is 23.6 Å². The van der Waals surface area contributed by atoms with Gasteiger partial charge in [0.2, 0.25) is 5.91 Å². The number of benzene rings is 1. The van der Waals surface area contributed by atoms with E-state index in [1.54, 1.807) is 13.0 Å². The Kier molecular flexibility index (Phi) is 5.20. The number of aliphatic imine (C=N–C) groups is 1. The number of rotatable bonds is 4. The molecule has 0 aliphatic carbocycles. The van der Waals surface area contributed by atoms with E-state index in [1.165, 1.54) is 18.4 Å². The molecule has 0 saturated heterocycles. The fourth-order valence-corrected chi connectivity index (χ4v) is 3.85. The number of nitrogens with zero attached hydrogens (tertiary/aromatic N) is 1. The molecule has 1 aliphatic heterocycles. The van der Waals surface area contributed by atoms with E-state index >= 15 is 0 Å². The van der Waals surface area contributed by atoms with Crippen molar-refractivity contribution >= 4 is 45.5 Å². The molecule has 1 atom stereocenters. The predicted octanol–water partition coefficient (Wildman–Crippen LogP) is 3.69. The molecule has 3 rings (SSSR count). The van der Waals surface area contributed by atoms with Crippen LogP contribution in [0.4, 0.5) is 5.00 Å². The van der Waals surface area contributed by atoms with Crippen LogP contribution in [0.1, 0.15) is 29.3 Å². The van der Waals surface area contributed by atoms with Crippen molar-refractivity contribution < 1.29 is 14.3 Å². The lowest BCUT2D eigenvalue weighted by Gasteiger charge is -2.08. The van der Waals surface area contributed by atoms with Gasteiger partial charge in [-0.05, 0) is 25.5 Å². The monoisotopic (exact) mass is 376 g/mol. The Labute approximate surface area is 154 Å². The number of carbonyl (C=O) groups excluding carboxylic acids is 2. The number of aryl methyl sites for hydroxylation is 1. The molecular formula is C18H17ClN2O3S. The van der Waals surface area contributed by atoms with Crippen LogP contribution in [0.2, 0.25) is 5.02 Å². The standard InChI is InChI=1S/C18H17ClN2O3S/c1-10-17(23)21-18-13(9-11(25-18)7-8-15(22)24-2)16(20-10)12-5-3-4-6-14(12)19/h3-6,9-10H,7-8H2,1-2H3,(H,21,23). The van der Waals surface area contributed by atoms with Gasteiger partial charge in [-0.15, -0.1) is 11.3 Å². The van der Waals surface area contributed by atoms with E-state index in [9.17, 15) is 9.59 Å². The number of fused-ring (bicyclic) bond motifs is 1. The Morgan fingerprint density at radius 2 is 2.12 bits per heavy atom. The minimum absolute atomic E-state index is 0.162. The first-order valence-electron chi connectivity index (χ1n) is 7.83. The number of halogens is 1. The zero-order chi connectivity index (χ0) is 18.0. The van der Waals surface area contributed by atoms with Crippen LogP contribution in [0.25, 0.3) is 0 Å². The highest BCUT2D eigenvalue weighted by Crippen LogP contribution is 2.34. The first-order valence-corrected chi connectivity index (χ1v) is 9.02. The number of hydrogen-bond donors (Lipinski definition) is 1. The highest BCUT2D eigenvalue weighted by atomic mass is 35.5. The van der Waals surface area contributed by atoms with Crippen LogP contribution in [0.15, 0.2) is 35.3 Å². The number of ether oxygens (including phenoxy) is 1. The topological polar surface area (TPSA) is 67.8 Å². The van der Waals surface area contributed by atoms with Crippen molar-refractivity contribution in [2.45, 2.75) is 25.8 Å². The number of nitrogens with one attached hydrogen (secondary N) is 1. The van der Waals surface area contributed by atoms with Gasteiger partial charge in [-0.1, -0.05) is 29.8 Å². The summed E-state index contributed by atoms with van der Waals surface area (Å²) in [6.45, 7) is 1.75. The molecule has 130 valence electrons. The largest absolute Gasteiger partial charge is 0.469 e. The van der Waals surface area contributed by atoms with Gasteiger partial charge in [0.25, 0.3) is 0 Å². The molecule has 0 spiro atoms. The molecule has 0 saturated carbocycles. The Morgan fingerprint density at radius 3 is 2.84 bits per heavy atom. The number of thiophene rings is 1. The van der Waals surface area contributed by atoms with Gasteiger partial charge in [-0.2, -0.15) is 0 Å². The number of anilines is 1. The van der Waals surface area contributed by atoms with Crippen molar-refractivity contribution in [1.82, 2.24) is 0 Å². The maximum absolute atomic E-state index is 12.2. The molecule has 5 nitrogen and oxygen atoms in total. The summed E-state index contributed by atoms with van der Waals surface area (Å²) in [5.74, 6) is -0.425. The van der Waals surface area contributed by atoms with Gasteiger partial charge in [0, 0.05) is 21.0 Å². The Morgan fingerprint density at radius 1 is 1.36 bits per heavy atom. The van der Waals surface area contributed by atoms with Crippen LogP contribution in [-0.4, -0.2) is 30.7 Å². The zero-order valence-corrected chi connectivity index (χ0v) is 15.4. The third kappa shape index (κ3) is 3.75. The van der Waals surface area contributed by atoms with Crippen molar-refractivity contribution in [2.75, 3.05) is 12.4 Å². The molecule has 0 fully saturated rings. The van der Waals surface area contributed by atoms with E-state index in [2.05, 4.69) is 15.0 Å². The predicted molar refractivity (Wildman–Crippen MR) is 99.8 cm³/mol. The Bertz CT molecular complexity index is 860. The first kappa shape index (κ1) is 17.6. The normalized spacial score (nSPS) is 16.5. The van der Waals surface area contributed by atoms with Crippen molar-refractivity contribution in [3.63, 3.8) is 0 Å². The fourth-order valence-electron chi connectivity index (χ4n) is 2.57. The summed E-state index contributed by atoms with van der Waals surface area (Å²) in [5, 5.41) is 4.23. The van der Waals surface area contributed by atoms with Crippen LogP contribution in [0.5, 0.6) is 0 Å². The molecule has 0 bridgehead atoms. The molecule has 7 heteroatoms. The van der Waals surface area contributed by atoms with Gasteiger partial charge in [0.05, 0.1) is 19.2 Å². The zero-order valence-electron chi connectivity index (χ0n) is 13.8. The van der Waals surface area contributed by atoms with Crippen molar-refractivity contribution in [3.05, 3.63) is 51.4 Å². The molecule has 1 aromatic heterocycles. The molecule has 25 heavy (non-hydrogen) atoms. The summed E-state index contributed by atoms with van der Waals surface area (Å²) in [4.78, 5) is 29.2. The minimum atomic E-state index is -0.510. The lowest BCUT2D eigenvalue weighted by Crippen LogP contribution is -2.22. The number of hydrogen-bond acceptors (Lipinski definition) is 5. The van der Waals surface area contributed by atoms with E-state index < -0.39 is 6.04 Å².